The molecule has 2 heterocycles. The first-order valence-corrected chi connectivity index (χ1v) is 9.74. The summed E-state index contributed by atoms with van der Waals surface area (Å²) < 4.78 is 1.69. The molecule has 0 bridgehead atoms. The second-order valence-electron chi connectivity index (χ2n) is 6.53. The second-order valence-corrected chi connectivity index (χ2v) is 7.39. The summed E-state index contributed by atoms with van der Waals surface area (Å²) in [5.41, 5.74) is 5.98. The van der Waals surface area contributed by atoms with Gasteiger partial charge in [-0.15, -0.1) is 16.4 Å². The number of thiazole rings is 1. The van der Waals surface area contributed by atoms with E-state index in [-0.39, 0.29) is 11.6 Å². The van der Waals surface area contributed by atoms with Crippen molar-refractivity contribution in [3.63, 3.8) is 0 Å². The Kier molecular flexibility index (Phi) is 4.75. The highest BCUT2D eigenvalue weighted by Gasteiger charge is 2.19. The Bertz CT molecular complexity index is 1160. The van der Waals surface area contributed by atoms with E-state index in [4.69, 9.17) is 0 Å². The van der Waals surface area contributed by atoms with Gasteiger partial charge in [0.2, 0.25) is 0 Å². The quantitative estimate of drug-likeness (QED) is 0.555. The van der Waals surface area contributed by atoms with Crippen molar-refractivity contribution in [1.29, 1.82) is 0 Å². The molecule has 0 aliphatic rings. The molecule has 0 radical (unpaired) electrons. The normalized spacial score (nSPS) is 10.8. The maximum atomic E-state index is 12.7. The number of carbonyl (C=O) groups excluding carboxylic acids is 1. The summed E-state index contributed by atoms with van der Waals surface area (Å²) in [7, 11) is 0. The van der Waals surface area contributed by atoms with Crippen LogP contribution in [0, 0.1) is 20.8 Å². The summed E-state index contributed by atoms with van der Waals surface area (Å²) in [5.74, 6) is -0.317. The Hall–Kier alpha value is -3.32. The molecule has 0 fully saturated rings. The number of hydrogen-bond acceptors (Lipinski definition) is 5. The molecule has 0 unspecified atom stereocenters. The van der Waals surface area contributed by atoms with Gasteiger partial charge in [-0.3, -0.25) is 10.1 Å². The topological polar surface area (TPSA) is 72.7 Å². The van der Waals surface area contributed by atoms with E-state index in [2.05, 4.69) is 20.6 Å². The highest BCUT2D eigenvalue weighted by molar-refractivity contribution is 7.14. The van der Waals surface area contributed by atoms with Gasteiger partial charge in [-0.25, -0.2) is 9.67 Å². The number of nitrogens with one attached hydrogen (secondary N) is 1. The minimum Gasteiger partial charge on any atom is -0.296 e. The van der Waals surface area contributed by atoms with Crippen molar-refractivity contribution in [3.05, 3.63) is 76.4 Å². The maximum absolute atomic E-state index is 12.7. The summed E-state index contributed by atoms with van der Waals surface area (Å²) in [4.78, 5) is 17.3. The lowest BCUT2D eigenvalue weighted by Crippen LogP contribution is -2.14. The van der Waals surface area contributed by atoms with Gasteiger partial charge in [0.25, 0.3) is 5.91 Å². The third-order valence-corrected chi connectivity index (χ3v) is 5.36. The Labute approximate surface area is 166 Å². The van der Waals surface area contributed by atoms with Crippen molar-refractivity contribution in [3.8, 4) is 16.9 Å². The predicted molar refractivity (Wildman–Crippen MR) is 111 cm³/mol. The van der Waals surface area contributed by atoms with Crippen LogP contribution in [0.15, 0.2) is 53.9 Å². The molecule has 7 heteroatoms. The second kappa shape index (κ2) is 7.36. The molecule has 6 nitrogen and oxygen atoms in total. The van der Waals surface area contributed by atoms with E-state index in [9.17, 15) is 4.79 Å². The predicted octanol–water partition coefficient (Wildman–Crippen LogP) is 4.57. The van der Waals surface area contributed by atoms with E-state index in [0.717, 1.165) is 28.1 Å². The molecule has 0 aliphatic heterocycles. The number of anilines is 1. The van der Waals surface area contributed by atoms with Gasteiger partial charge in [-0.05, 0) is 38.0 Å². The van der Waals surface area contributed by atoms with Crippen LogP contribution >= 0.6 is 11.3 Å². The van der Waals surface area contributed by atoms with Gasteiger partial charge in [0.15, 0.2) is 10.8 Å². The number of rotatable bonds is 4. The Balaban J connectivity index is 1.57. The molecule has 2 aromatic heterocycles. The summed E-state index contributed by atoms with van der Waals surface area (Å²) in [5, 5.41) is 13.6. The smallest absolute Gasteiger partial charge is 0.279 e. The van der Waals surface area contributed by atoms with Gasteiger partial charge in [0, 0.05) is 10.9 Å². The van der Waals surface area contributed by atoms with Gasteiger partial charge in [-0.1, -0.05) is 47.7 Å². The third-order valence-electron chi connectivity index (χ3n) is 4.60. The van der Waals surface area contributed by atoms with Gasteiger partial charge in [-0.2, -0.15) is 0 Å². The zero-order valence-electron chi connectivity index (χ0n) is 15.8. The van der Waals surface area contributed by atoms with Crippen molar-refractivity contribution in [2.45, 2.75) is 20.8 Å². The van der Waals surface area contributed by atoms with Crippen LogP contribution in [0.4, 0.5) is 5.13 Å². The van der Waals surface area contributed by atoms with E-state index in [1.54, 1.807) is 4.68 Å². The van der Waals surface area contributed by atoms with Crippen LogP contribution in [0.1, 0.15) is 27.3 Å². The average molecular weight is 389 g/mol. The molecular formula is C21H19N5OS. The number of benzene rings is 2. The van der Waals surface area contributed by atoms with E-state index in [1.807, 2.05) is 74.7 Å². The minimum absolute atomic E-state index is 0.288. The van der Waals surface area contributed by atoms with Crippen molar-refractivity contribution in [2.75, 3.05) is 5.32 Å². The van der Waals surface area contributed by atoms with Crippen molar-refractivity contribution in [2.24, 2.45) is 0 Å². The number of aryl methyl sites for hydroxylation is 2. The molecule has 2 aromatic carbocycles. The van der Waals surface area contributed by atoms with Gasteiger partial charge < -0.3 is 0 Å². The molecule has 140 valence electrons. The molecule has 4 aromatic rings. The zero-order chi connectivity index (χ0) is 19.7. The summed E-state index contributed by atoms with van der Waals surface area (Å²) in [6.45, 7) is 5.88. The highest BCUT2D eigenvalue weighted by atomic mass is 32.1. The first-order chi connectivity index (χ1) is 13.5. The van der Waals surface area contributed by atoms with Crippen LogP contribution < -0.4 is 5.32 Å². The molecule has 0 saturated heterocycles. The number of aromatic nitrogens is 4. The van der Waals surface area contributed by atoms with Crippen LogP contribution in [0.3, 0.4) is 0 Å². The lowest BCUT2D eigenvalue weighted by atomic mass is 10.1. The summed E-state index contributed by atoms with van der Waals surface area (Å²) in [6.07, 6.45) is 0. The molecule has 28 heavy (non-hydrogen) atoms. The summed E-state index contributed by atoms with van der Waals surface area (Å²) in [6, 6.07) is 15.9. The molecule has 0 spiro atoms. The van der Waals surface area contributed by atoms with Gasteiger partial charge >= 0.3 is 0 Å². The minimum atomic E-state index is -0.317. The summed E-state index contributed by atoms with van der Waals surface area (Å²) >= 11 is 1.39. The molecule has 0 atom stereocenters. The van der Waals surface area contributed by atoms with Gasteiger partial charge in [0.05, 0.1) is 17.1 Å². The molecule has 1 amide bonds. The maximum Gasteiger partial charge on any atom is 0.279 e. The first-order valence-electron chi connectivity index (χ1n) is 8.86. The molecular weight excluding hydrogens is 370 g/mol. The number of nitrogens with zero attached hydrogens (tertiary/aromatic N) is 4. The average Bonchev–Trinajstić information content (AvgIpc) is 3.29. The highest BCUT2D eigenvalue weighted by Crippen LogP contribution is 2.27. The fourth-order valence-corrected chi connectivity index (χ4v) is 3.75. The van der Waals surface area contributed by atoms with E-state index in [0.29, 0.717) is 10.8 Å². The molecule has 4 rings (SSSR count). The number of carbonyl (C=O) groups is 1. The lowest BCUT2D eigenvalue weighted by Gasteiger charge is -2.06. The number of para-hydroxylation sites is 1. The molecule has 0 aliphatic carbocycles. The van der Waals surface area contributed by atoms with E-state index >= 15 is 0 Å². The zero-order valence-corrected chi connectivity index (χ0v) is 16.6. The Morgan fingerprint density at radius 2 is 1.71 bits per heavy atom. The molecule has 0 saturated carbocycles. The van der Waals surface area contributed by atoms with Crippen LogP contribution in [0.25, 0.3) is 16.9 Å². The monoisotopic (exact) mass is 389 g/mol. The number of amides is 1. The largest absolute Gasteiger partial charge is 0.296 e. The van der Waals surface area contributed by atoms with E-state index < -0.39 is 0 Å². The van der Waals surface area contributed by atoms with Crippen molar-refractivity contribution >= 4 is 22.4 Å². The first kappa shape index (κ1) is 18.1. The van der Waals surface area contributed by atoms with Crippen molar-refractivity contribution < 1.29 is 4.79 Å². The lowest BCUT2D eigenvalue weighted by molar-refractivity contribution is 0.102. The SMILES string of the molecule is Cc1ccccc1-c1csc(NC(=O)c2nnn(-c3ccccc3C)c2C)n1. The standard InChI is InChI=1S/C21H19N5OS/c1-13-8-4-6-10-16(13)17-12-28-21(22-17)23-20(27)19-15(3)26(25-24-19)18-11-7-5-9-14(18)2/h4-12H,1-3H3,(H,22,23,27). The van der Waals surface area contributed by atoms with E-state index in [1.165, 1.54) is 11.3 Å². The third kappa shape index (κ3) is 3.32. The fourth-order valence-electron chi connectivity index (χ4n) is 3.04. The van der Waals surface area contributed by atoms with Crippen LogP contribution in [0.2, 0.25) is 0 Å². The van der Waals surface area contributed by atoms with Crippen LogP contribution in [-0.4, -0.2) is 25.9 Å². The molecule has 1 N–H and O–H groups in total. The fraction of sp³-hybridized carbons (Fsp3) is 0.143. The van der Waals surface area contributed by atoms with Crippen LogP contribution in [-0.2, 0) is 0 Å². The van der Waals surface area contributed by atoms with Crippen LogP contribution in [0.5, 0.6) is 0 Å². The Morgan fingerprint density at radius 3 is 2.46 bits per heavy atom. The Morgan fingerprint density at radius 1 is 1.00 bits per heavy atom. The van der Waals surface area contributed by atoms with Gasteiger partial charge in [0.1, 0.15) is 0 Å². The number of hydrogen-bond donors (Lipinski definition) is 1. The van der Waals surface area contributed by atoms with Crippen molar-refractivity contribution in [1.82, 2.24) is 20.0 Å².